The maximum Gasteiger partial charge on any atom is 0.233 e. The fourth-order valence-electron chi connectivity index (χ4n) is 2.14. The molecule has 2 rings (SSSR count). The SMILES string of the molecule is CC(=O)c1cccc(NC(=O)CC(=O)NCc2ccc(C)cc2)c1. The summed E-state index contributed by atoms with van der Waals surface area (Å²) in [6.07, 6.45) is -0.268. The second-order valence-corrected chi connectivity index (χ2v) is 5.62. The molecule has 0 fully saturated rings. The highest BCUT2D eigenvalue weighted by atomic mass is 16.2. The summed E-state index contributed by atoms with van der Waals surface area (Å²) < 4.78 is 0. The lowest BCUT2D eigenvalue weighted by atomic mass is 10.1. The summed E-state index contributed by atoms with van der Waals surface area (Å²) in [7, 11) is 0. The molecule has 2 aromatic carbocycles. The van der Waals surface area contributed by atoms with Crippen molar-refractivity contribution in [3.05, 3.63) is 65.2 Å². The molecule has 0 unspecified atom stereocenters. The second kappa shape index (κ2) is 8.06. The Labute approximate surface area is 141 Å². The van der Waals surface area contributed by atoms with Crippen LogP contribution in [-0.2, 0) is 16.1 Å². The highest BCUT2D eigenvalue weighted by Crippen LogP contribution is 2.11. The Morgan fingerprint density at radius 2 is 1.67 bits per heavy atom. The van der Waals surface area contributed by atoms with Gasteiger partial charge < -0.3 is 10.6 Å². The number of ketones is 1. The molecule has 5 nitrogen and oxygen atoms in total. The molecule has 0 aliphatic rings. The molecule has 0 aliphatic carbocycles. The lowest BCUT2D eigenvalue weighted by Crippen LogP contribution is -2.27. The van der Waals surface area contributed by atoms with E-state index in [0.717, 1.165) is 11.1 Å². The zero-order chi connectivity index (χ0) is 17.5. The van der Waals surface area contributed by atoms with Crippen LogP contribution in [0.15, 0.2) is 48.5 Å². The topological polar surface area (TPSA) is 75.3 Å². The number of nitrogens with one attached hydrogen (secondary N) is 2. The van der Waals surface area contributed by atoms with Gasteiger partial charge in [-0.1, -0.05) is 42.0 Å². The molecule has 24 heavy (non-hydrogen) atoms. The number of benzene rings is 2. The van der Waals surface area contributed by atoms with E-state index < -0.39 is 5.91 Å². The first-order valence-corrected chi connectivity index (χ1v) is 7.67. The van der Waals surface area contributed by atoms with Gasteiger partial charge in [0.15, 0.2) is 5.78 Å². The van der Waals surface area contributed by atoms with Crippen LogP contribution in [0.4, 0.5) is 5.69 Å². The van der Waals surface area contributed by atoms with Crippen molar-refractivity contribution < 1.29 is 14.4 Å². The lowest BCUT2D eigenvalue weighted by Gasteiger charge is -2.08. The largest absolute Gasteiger partial charge is 0.352 e. The van der Waals surface area contributed by atoms with E-state index in [-0.39, 0.29) is 18.1 Å². The third-order valence-electron chi connectivity index (χ3n) is 3.48. The first-order valence-electron chi connectivity index (χ1n) is 7.67. The zero-order valence-electron chi connectivity index (χ0n) is 13.8. The number of hydrogen-bond donors (Lipinski definition) is 2. The Balaban J connectivity index is 1.83. The van der Waals surface area contributed by atoms with Gasteiger partial charge in [0.05, 0.1) is 0 Å². The van der Waals surface area contributed by atoms with Crippen LogP contribution in [-0.4, -0.2) is 17.6 Å². The monoisotopic (exact) mass is 324 g/mol. The fourth-order valence-corrected chi connectivity index (χ4v) is 2.14. The van der Waals surface area contributed by atoms with Crippen LogP contribution in [0.2, 0.25) is 0 Å². The number of amides is 2. The number of carbonyl (C=O) groups is 3. The van der Waals surface area contributed by atoms with E-state index in [2.05, 4.69) is 10.6 Å². The van der Waals surface area contributed by atoms with Gasteiger partial charge in [-0.3, -0.25) is 14.4 Å². The highest BCUT2D eigenvalue weighted by Gasteiger charge is 2.10. The summed E-state index contributed by atoms with van der Waals surface area (Å²) in [5.41, 5.74) is 3.14. The van der Waals surface area contributed by atoms with Crippen molar-refractivity contribution >= 4 is 23.3 Å². The number of Topliss-reactive ketones (excluding diaryl/α,β-unsaturated/α-hetero) is 1. The number of anilines is 1. The van der Waals surface area contributed by atoms with Crippen molar-refractivity contribution in [3.8, 4) is 0 Å². The van der Waals surface area contributed by atoms with Gasteiger partial charge >= 0.3 is 0 Å². The predicted octanol–water partition coefficient (Wildman–Crippen LogP) is 2.84. The molecule has 0 spiro atoms. The molecular formula is C19H20N2O3. The first-order chi connectivity index (χ1) is 11.4. The van der Waals surface area contributed by atoms with E-state index in [1.807, 2.05) is 31.2 Å². The van der Waals surface area contributed by atoms with Crippen LogP contribution in [0.3, 0.4) is 0 Å². The summed E-state index contributed by atoms with van der Waals surface area (Å²) in [6, 6.07) is 14.4. The van der Waals surface area contributed by atoms with E-state index in [4.69, 9.17) is 0 Å². The van der Waals surface area contributed by atoms with Crippen molar-refractivity contribution in [1.29, 1.82) is 0 Å². The van der Waals surface area contributed by atoms with E-state index in [1.54, 1.807) is 24.3 Å². The van der Waals surface area contributed by atoms with Crippen LogP contribution < -0.4 is 10.6 Å². The predicted molar refractivity (Wildman–Crippen MR) is 92.7 cm³/mol. The molecule has 0 saturated carbocycles. The van der Waals surface area contributed by atoms with Gasteiger partial charge in [-0.05, 0) is 31.5 Å². The molecule has 2 aromatic rings. The maximum atomic E-state index is 11.9. The molecule has 5 heteroatoms. The van der Waals surface area contributed by atoms with Crippen molar-refractivity contribution in [2.75, 3.05) is 5.32 Å². The van der Waals surface area contributed by atoms with Gasteiger partial charge in [0.1, 0.15) is 6.42 Å². The van der Waals surface area contributed by atoms with Crippen molar-refractivity contribution in [2.45, 2.75) is 26.8 Å². The summed E-state index contributed by atoms with van der Waals surface area (Å²) in [4.78, 5) is 35.1. The number of hydrogen-bond acceptors (Lipinski definition) is 3. The zero-order valence-corrected chi connectivity index (χ0v) is 13.8. The molecule has 0 heterocycles. The molecule has 0 aliphatic heterocycles. The summed E-state index contributed by atoms with van der Waals surface area (Å²) in [5, 5.41) is 5.33. The number of carbonyl (C=O) groups excluding carboxylic acids is 3. The Morgan fingerprint density at radius 1 is 0.958 bits per heavy atom. The van der Waals surface area contributed by atoms with Crippen LogP contribution in [0.25, 0.3) is 0 Å². The highest BCUT2D eigenvalue weighted by molar-refractivity contribution is 6.04. The molecule has 124 valence electrons. The van der Waals surface area contributed by atoms with Crippen LogP contribution in [0.1, 0.15) is 34.8 Å². The van der Waals surface area contributed by atoms with Crippen molar-refractivity contribution in [2.24, 2.45) is 0 Å². The molecule has 0 bridgehead atoms. The maximum absolute atomic E-state index is 11.9. The van der Waals surface area contributed by atoms with Gasteiger partial charge in [0.25, 0.3) is 0 Å². The Bertz CT molecular complexity index is 751. The molecule has 2 amide bonds. The van der Waals surface area contributed by atoms with E-state index in [9.17, 15) is 14.4 Å². The number of aryl methyl sites for hydroxylation is 1. The average Bonchev–Trinajstić information content (AvgIpc) is 2.54. The average molecular weight is 324 g/mol. The van der Waals surface area contributed by atoms with Crippen LogP contribution in [0, 0.1) is 6.92 Å². The Morgan fingerprint density at radius 3 is 2.33 bits per heavy atom. The fraction of sp³-hybridized carbons (Fsp3) is 0.211. The smallest absolute Gasteiger partial charge is 0.233 e. The van der Waals surface area contributed by atoms with Crippen molar-refractivity contribution in [1.82, 2.24) is 5.32 Å². The van der Waals surface area contributed by atoms with Gasteiger partial charge in [-0.2, -0.15) is 0 Å². The molecule has 0 aromatic heterocycles. The van der Waals surface area contributed by atoms with E-state index >= 15 is 0 Å². The van der Waals surface area contributed by atoms with Crippen LogP contribution >= 0.6 is 0 Å². The summed E-state index contributed by atoms with van der Waals surface area (Å²) in [5.74, 6) is -0.852. The first kappa shape index (κ1) is 17.4. The van der Waals surface area contributed by atoms with Gasteiger partial charge in [-0.15, -0.1) is 0 Å². The minimum atomic E-state index is -0.419. The number of rotatable bonds is 6. The van der Waals surface area contributed by atoms with Gasteiger partial charge in [0, 0.05) is 17.8 Å². The van der Waals surface area contributed by atoms with Gasteiger partial charge in [-0.25, -0.2) is 0 Å². The third kappa shape index (κ3) is 5.35. The molecule has 2 N–H and O–H groups in total. The molecular weight excluding hydrogens is 304 g/mol. The van der Waals surface area contributed by atoms with Crippen LogP contribution in [0.5, 0.6) is 0 Å². The lowest BCUT2D eigenvalue weighted by molar-refractivity contribution is -0.126. The normalized spacial score (nSPS) is 10.1. The summed E-state index contributed by atoms with van der Waals surface area (Å²) >= 11 is 0. The summed E-state index contributed by atoms with van der Waals surface area (Å²) in [6.45, 7) is 3.83. The van der Waals surface area contributed by atoms with Crippen molar-refractivity contribution in [3.63, 3.8) is 0 Å². The van der Waals surface area contributed by atoms with E-state index in [0.29, 0.717) is 17.8 Å². The Hall–Kier alpha value is -2.95. The quantitative estimate of drug-likeness (QED) is 0.634. The molecule has 0 radical (unpaired) electrons. The Kier molecular flexibility index (Phi) is 5.84. The third-order valence-corrected chi connectivity index (χ3v) is 3.48. The molecule has 0 atom stereocenters. The second-order valence-electron chi connectivity index (χ2n) is 5.62. The standard InChI is InChI=1S/C19H20N2O3/c1-13-6-8-15(9-7-13)12-20-18(23)11-19(24)21-17-5-3-4-16(10-17)14(2)22/h3-10H,11-12H2,1-2H3,(H,20,23)(H,21,24). The van der Waals surface area contributed by atoms with Gasteiger partial charge in [0.2, 0.25) is 11.8 Å². The minimum absolute atomic E-state index is 0.0815. The molecule has 0 saturated heterocycles. The minimum Gasteiger partial charge on any atom is -0.352 e. The van der Waals surface area contributed by atoms with E-state index in [1.165, 1.54) is 6.92 Å².